The maximum Gasteiger partial charge on any atom is 0.269 e. The van der Waals surface area contributed by atoms with Crippen LogP contribution in [0.1, 0.15) is 23.1 Å². The second-order valence-corrected chi connectivity index (χ2v) is 6.71. The van der Waals surface area contributed by atoms with Crippen molar-refractivity contribution in [3.05, 3.63) is 41.7 Å². The number of benzene rings is 1. The number of anilines is 1. The van der Waals surface area contributed by atoms with Gasteiger partial charge in [0.05, 0.1) is 25.0 Å². The highest BCUT2D eigenvalue weighted by Gasteiger charge is 2.23. The summed E-state index contributed by atoms with van der Waals surface area (Å²) in [5.41, 5.74) is 2.30. The number of carbonyl (C=O) groups excluding carboxylic acids is 2. The van der Waals surface area contributed by atoms with Crippen molar-refractivity contribution in [1.29, 1.82) is 0 Å². The monoisotopic (exact) mass is 385 g/mol. The van der Waals surface area contributed by atoms with Crippen LogP contribution in [0.25, 0.3) is 0 Å². The topological polar surface area (TPSA) is 79.7 Å². The number of hydrogen-bond donors (Lipinski definition) is 1. The molecule has 0 radical (unpaired) electrons. The van der Waals surface area contributed by atoms with Crippen LogP contribution in [0.15, 0.2) is 30.3 Å². The molecule has 0 saturated carbocycles. The Morgan fingerprint density at radius 3 is 2.57 bits per heavy atom. The molecule has 150 valence electrons. The molecule has 0 bridgehead atoms. The molecule has 1 fully saturated rings. The van der Waals surface area contributed by atoms with Crippen LogP contribution in [0.2, 0.25) is 0 Å². The molecule has 2 aromatic rings. The Kier molecular flexibility index (Phi) is 6.18. The van der Waals surface area contributed by atoms with Gasteiger partial charge in [0, 0.05) is 32.7 Å². The Balaban J connectivity index is 1.52. The molecule has 0 atom stereocenters. The molecule has 1 aliphatic heterocycles. The Hall–Kier alpha value is -3.03. The van der Waals surface area contributed by atoms with E-state index in [4.69, 9.17) is 4.74 Å². The lowest BCUT2D eigenvalue weighted by Gasteiger charge is -2.36. The van der Waals surface area contributed by atoms with Gasteiger partial charge in [-0.1, -0.05) is 12.1 Å². The molecule has 1 aliphatic rings. The van der Waals surface area contributed by atoms with Crippen LogP contribution < -0.4 is 15.0 Å². The minimum atomic E-state index is -0.275. The highest BCUT2D eigenvalue weighted by molar-refractivity contribution is 5.95. The van der Waals surface area contributed by atoms with Gasteiger partial charge in [0.2, 0.25) is 5.91 Å². The van der Waals surface area contributed by atoms with Crippen molar-refractivity contribution in [1.82, 2.24) is 20.0 Å². The van der Waals surface area contributed by atoms with Gasteiger partial charge in [-0.2, -0.15) is 5.10 Å². The van der Waals surface area contributed by atoms with Gasteiger partial charge in [-0.3, -0.25) is 14.3 Å². The van der Waals surface area contributed by atoms with E-state index in [2.05, 4.69) is 15.3 Å². The van der Waals surface area contributed by atoms with Crippen molar-refractivity contribution < 1.29 is 14.3 Å². The van der Waals surface area contributed by atoms with Crippen molar-refractivity contribution in [3.63, 3.8) is 0 Å². The fourth-order valence-corrected chi connectivity index (χ4v) is 3.42. The number of methoxy groups -OCH3 is 1. The summed E-state index contributed by atoms with van der Waals surface area (Å²) in [5.74, 6) is 0.480. The third kappa shape index (κ3) is 4.27. The molecule has 0 unspecified atom stereocenters. The number of hydrogen-bond acceptors (Lipinski definition) is 5. The average Bonchev–Trinajstić information content (AvgIpc) is 3.12. The summed E-state index contributed by atoms with van der Waals surface area (Å²) in [6.07, 6.45) is 0. The molecule has 2 heterocycles. The summed E-state index contributed by atoms with van der Waals surface area (Å²) in [5, 5.41) is 6.98. The number of carbonyl (C=O) groups is 2. The zero-order valence-corrected chi connectivity index (χ0v) is 16.6. The summed E-state index contributed by atoms with van der Waals surface area (Å²) in [6.45, 7) is 7.03. The summed E-state index contributed by atoms with van der Waals surface area (Å²) in [4.78, 5) is 28.9. The highest BCUT2D eigenvalue weighted by Crippen LogP contribution is 2.28. The first-order valence-electron chi connectivity index (χ1n) is 9.52. The maximum atomic E-state index is 12.5. The second-order valence-electron chi connectivity index (χ2n) is 6.71. The summed E-state index contributed by atoms with van der Waals surface area (Å²) in [7, 11) is 1.66. The molecule has 1 saturated heterocycles. The van der Waals surface area contributed by atoms with Gasteiger partial charge in [0.25, 0.3) is 5.91 Å². The van der Waals surface area contributed by atoms with E-state index >= 15 is 0 Å². The first-order chi connectivity index (χ1) is 13.5. The lowest BCUT2D eigenvalue weighted by atomic mass is 10.2. The highest BCUT2D eigenvalue weighted by atomic mass is 16.5. The van der Waals surface area contributed by atoms with Gasteiger partial charge in [-0.05, 0) is 32.0 Å². The molecule has 28 heavy (non-hydrogen) atoms. The molecule has 2 amide bonds. The lowest BCUT2D eigenvalue weighted by molar-refractivity contribution is -0.130. The normalized spacial score (nSPS) is 14.1. The fourth-order valence-electron chi connectivity index (χ4n) is 3.42. The van der Waals surface area contributed by atoms with Gasteiger partial charge < -0.3 is 19.9 Å². The smallest absolute Gasteiger partial charge is 0.269 e. The first-order valence-corrected chi connectivity index (χ1v) is 9.52. The SMILES string of the molecule is CCn1nc(C)cc1C(=O)NCC(=O)N1CCN(c2ccccc2OC)CC1. The number of para-hydroxylation sites is 2. The molecule has 1 aromatic heterocycles. The minimum Gasteiger partial charge on any atom is -0.495 e. The van der Waals surface area contributed by atoms with Gasteiger partial charge in [0.15, 0.2) is 0 Å². The predicted octanol–water partition coefficient (Wildman–Crippen LogP) is 1.30. The largest absolute Gasteiger partial charge is 0.495 e. The minimum absolute atomic E-state index is 0.0125. The van der Waals surface area contributed by atoms with Gasteiger partial charge in [0.1, 0.15) is 11.4 Å². The molecule has 8 nitrogen and oxygen atoms in total. The number of ether oxygens (including phenoxy) is 1. The Morgan fingerprint density at radius 1 is 1.18 bits per heavy atom. The molecular weight excluding hydrogens is 358 g/mol. The summed E-state index contributed by atoms with van der Waals surface area (Å²) in [6, 6.07) is 9.61. The van der Waals surface area contributed by atoms with E-state index in [1.165, 1.54) is 0 Å². The van der Waals surface area contributed by atoms with Crippen LogP contribution in [-0.4, -0.2) is 66.3 Å². The molecule has 1 aromatic carbocycles. The fraction of sp³-hybridized carbons (Fsp3) is 0.450. The molecule has 1 N–H and O–H groups in total. The van der Waals surface area contributed by atoms with Crippen LogP contribution in [0.4, 0.5) is 5.69 Å². The number of piperazine rings is 1. The van der Waals surface area contributed by atoms with Crippen molar-refractivity contribution in [2.24, 2.45) is 0 Å². The average molecular weight is 385 g/mol. The third-order valence-corrected chi connectivity index (χ3v) is 4.89. The lowest BCUT2D eigenvalue weighted by Crippen LogP contribution is -2.51. The summed E-state index contributed by atoms with van der Waals surface area (Å²) < 4.78 is 7.06. The predicted molar refractivity (Wildman–Crippen MR) is 107 cm³/mol. The second kappa shape index (κ2) is 8.77. The van der Waals surface area contributed by atoms with E-state index in [1.807, 2.05) is 38.1 Å². The van der Waals surface area contributed by atoms with Crippen LogP contribution in [0.3, 0.4) is 0 Å². The molecule has 0 aliphatic carbocycles. The number of amides is 2. The van der Waals surface area contributed by atoms with Crippen molar-refractivity contribution in [2.75, 3.05) is 44.7 Å². The van der Waals surface area contributed by atoms with Crippen molar-refractivity contribution in [3.8, 4) is 5.75 Å². The number of nitrogens with one attached hydrogen (secondary N) is 1. The van der Waals surface area contributed by atoms with Crippen molar-refractivity contribution >= 4 is 17.5 Å². The summed E-state index contributed by atoms with van der Waals surface area (Å²) >= 11 is 0. The van der Waals surface area contributed by atoms with E-state index in [1.54, 1.807) is 22.8 Å². The van der Waals surface area contributed by atoms with E-state index in [0.29, 0.717) is 25.3 Å². The van der Waals surface area contributed by atoms with E-state index in [9.17, 15) is 9.59 Å². The Morgan fingerprint density at radius 2 is 1.89 bits per heavy atom. The van der Waals surface area contributed by atoms with Gasteiger partial charge in [-0.25, -0.2) is 0 Å². The van der Waals surface area contributed by atoms with E-state index in [-0.39, 0.29) is 18.4 Å². The van der Waals surface area contributed by atoms with Gasteiger partial charge >= 0.3 is 0 Å². The quantitative estimate of drug-likeness (QED) is 0.811. The number of rotatable bonds is 6. The van der Waals surface area contributed by atoms with Crippen LogP contribution >= 0.6 is 0 Å². The number of nitrogens with zero attached hydrogens (tertiary/aromatic N) is 4. The van der Waals surface area contributed by atoms with Gasteiger partial charge in [-0.15, -0.1) is 0 Å². The maximum absolute atomic E-state index is 12.5. The van der Waals surface area contributed by atoms with E-state index < -0.39 is 0 Å². The number of aryl methyl sites for hydroxylation is 2. The zero-order valence-electron chi connectivity index (χ0n) is 16.6. The van der Waals surface area contributed by atoms with Crippen LogP contribution in [-0.2, 0) is 11.3 Å². The molecule has 8 heteroatoms. The Bertz CT molecular complexity index is 840. The van der Waals surface area contributed by atoms with Crippen LogP contribution in [0.5, 0.6) is 5.75 Å². The molecular formula is C20H27N5O3. The zero-order chi connectivity index (χ0) is 20.1. The van der Waals surface area contributed by atoms with E-state index in [0.717, 1.165) is 30.2 Å². The number of aromatic nitrogens is 2. The van der Waals surface area contributed by atoms with Crippen molar-refractivity contribution in [2.45, 2.75) is 20.4 Å². The Labute approximate surface area is 165 Å². The first kappa shape index (κ1) is 19.7. The van der Waals surface area contributed by atoms with Crippen LogP contribution in [0, 0.1) is 6.92 Å². The third-order valence-electron chi connectivity index (χ3n) is 4.89. The standard InChI is InChI=1S/C20H27N5O3/c1-4-25-17(13-15(2)22-25)20(27)21-14-19(26)24-11-9-23(10-12-24)16-7-5-6-8-18(16)28-3/h5-8,13H,4,9-12,14H2,1-3H3,(H,21,27). The molecule has 3 rings (SSSR count). The molecule has 0 spiro atoms.